The van der Waals surface area contributed by atoms with Crippen LogP contribution in [0.2, 0.25) is 0 Å². The van der Waals surface area contributed by atoms with Gasteiger partial charge >= 0.3 is 0 Å². The van der Waals surface area contributed by atoms with Gasteiger partial charge in [-0.25, -0.2) is 9.97 Å². The fourth-order valence-electron chi connectivity index (χ4n) is 9.62. The normalized spacial score (nSPS) is 13.2. The van der Waals surface area contributed by atoms with Crippen LogP contribution in [-0.2, 0) is 6.42 Å². The number of fused-ring (bicyclic) bond motifs is 9. The van der Waals surface area contributed by atoms with Crippen molar-refractivity contribution in [2.75, 3.05) is 0 Å². The minimum Gasteiger partial charge on any atom is -0.310 e. The highest BCUT2D eigenvalue weighted by molar-refractivity contribution is 7.99. The van der Waals surface area contributed by atoms with Gasteiger partial charge in [0.05, 0.1) is 27.8 Å². The maximum absolute atomic E-state index is 5.43. The molecule has 59 heavy (non-hydrogen) atoms. The highest BCUT2D eigenvalue weighted by Crippen LogP contribution is 2.47. The minimum atomic E-state index is 0.689. The largest absolute Gasteiger partial charge is 0.310 e. The summed E-state index contributed by atoms with van der Waals surface area (Å²) in [6, 6.07) is 61.9. The second kappa shape index (κ2) is 12.6. The van der Waals surface area contributed by atoms with Gasteiger partial charge in [-0.3, -0.25) is 4.57 Å². The Morgan fingerprint density at radius 2 is 1.17 bits per heavy atom. The molecule has 0 bridgehead atoms. The first-order chi connectivity index (χ1) is 29.2. The van der Waals surface area contributed by atoms with Crippen LogP contribution in [0.1, 0.15) is 17.7 Å². The number of benzene rings is 8. The molecule has 1 aliphatic carbocycles. The van der Waals surface area contributed by atoms with E-state index >= 15 is 0 Å². The standard InChI is InChI=1S/C54H34N4S/c1-2-11-33(12-3-1)34-21-25-39(26-22-34)57-46-18-8-6-15-40(46)42-30-37(23-27-47(42)57)38-24-28-48-43(31-38)44-29-35-13-4-5-14-36(35)32-49(44)58(48)54-55-45-17-10-20-51-52(45)53(56-54)41-16-7-9-19-50(41)59-51/h1-5,7-14,16-32H,6,15H2. The summed E-state index contributed by atoms with van der Waals surface area (Å²) in [6.07, 6.45) is 6.71. The van der Waals surface area contributed by atoms with Crippen LogP contribution < -0.4 is 0 Å². The van der Waals surface area contributed by atoms with E-state index in [2.05, 4.69) is 191 Å². The van der Waals surface area contributed by atoms with Crippen molar-refractivity contribution < 1.29 is 0 Å². The van der Waals surface area contributed by atoms with Crippen LogP contribution in [0.15, 0.2) is 186 Å². The molecule has 3 aromatic heterocycles. The molecule has 8 aromatic carbocycles. The topological polar surface area (TPSA) is 35.6 Å². The lowest BCUT2D eigenvalue weighted by Crippen LogP contribution is -2.05. The van der Waals surface area contributed by atoms with Gasteiger partial charge in [-0.15, -0.1) is 0 Å². The van der Waals surface area contributed by atoms with Crippen LogP contribution in [0.4, 0.5) is 0 Å². The lowest BCUT2D eigenvalue weighted by atomic mass is 9.97. The van der Waals surface area contributed by atoms with Crippen LogP contribution in [0.25, 0.3) is 106 Å². The van der Waals surface area contributed by atoms with E-state index in [1.807, 2.05) is 0 Å². The molecule has 0 fully saturated rings. The van der Waals surface area contributed by atoms with E-state index in [1.165, 1.54) is 81.4 Å². The average molecular weight is 771 g/mol. The number of aromatic nitrogens is 4. The smallest absolute Gasteiger partial charge is 0.235 e. The number of hydrogen-bond acceptors (Lipinski definition) is 3. The molecule has 0 saturated carbocycles. The summed E-state index contributed by atoms with van der Waals surface area (Å²) in [5.41, 5.74) is 15.3. The number of nitrogens with zero attached hydrogens (tertiary/aromatic N) is 4. The molecule has 0 amide bonds. The van der Waals surface area contributed by atoms with E-state index < -0.39 is 0 Å². The van der Waals surface area contributed by atoms with Gasteiger partial charge in [-0.05, 0) is 124 Å². The predicted octanol–water partition coefficient (Wildman–Crippen LogP) is 14.2. The summed E-state index contributed by atoms with van der Waals surface area (Å²) in [7, 11) is 0. The molecule has 2 aliphatic rings. The third-order valence-corrected chi connectivity index (χ3v) is 13.5. The lowest BCUT2D eigenvalue weighted by molar-refractivity contribution is 0.967. The molecule has 4 heterocycles. The van der Waals surface area contributed by atoms with E-state index in [0.29, 0.717) is 5.95 Å². The number of allylic oxidation sites excluding steroid dienone is 1. The number of rotatable bonds is 4. The second-order valence-corrected chi connectivity index (χ2v) is 16.8. The predicted molar refractivity (Wildman–Crippen MR) is 246 cm³/mol. The Labute approximate surface area is 344 Å². The number of aryl methyl sites for hydroxylation is 1. The van der Waals surface area contributed by atoms with Crippen molar-refractivity contribution in [2.45, 2.75) is 22.6 Å². The Hall–Kier alpha value is -7.21. The van der Waals surface area contributed by atoms with Gasteiger partial charge in [0, 0.05) is 48.3 Å². The molecule has 0 saturated heterocycles. The van der Waals surface area contributed by atoms with Crippen molar-refractivity contribution in [1.82, 2.24) is 19.1 Å². The van der Waals surface area contributed by atoms with Crippen LogP contribution >= 0.6 is 11.8 Å². The molecule has 5 heteroatoms. The molecule has 276 valence electrons. The first-order valence-corrected chi connectivity index (χ1v) is 21.1. The fraction of sp³-hybridized carbons (Fsp3) is 0.0370. The zero-order valence-electron chi connectivity index (χ0n) is 31.9. The molecule has 0 spiro atoms. The van der Waals surface area contributed by atoms with Crippen molar-refractivity contribution in [1.29, 1.82) is 0 Å². The maximum atomic E-state index is 5.43. The van der Waals surface area contributed by atoms with E-state index in [0.717, 1.165) is 46.0 Å². The third kappa shape index (κ3) is 4.98. The summed E-state index contributed by atoms with van der Waals surface area (Å²) in [5.74, 6) is 0.689. The van der Waals surface area contributed by atoms with Crippen molar-refractivity contribution in [3.05, 3.63) is 187 Å². The second-order valence-electron chi connectivity index (χ2n) is 15.7. The molecule has 11 aromatic rings. The van der Waals surface area contributed by atoms with Crippen molar-refractivity contribution >= 4 is 72.2 Å². The van der Waals surface area contributed by atoms with Crippen molar-refractivity contribution in [3.63, 3.8) is 0 Å². The van der Waals surface area contributed by atoms with E-state index in [4.69, 9.17) is 9.97 Å². The van der Waals surface area contributed by atoms with Crippen LogP contribution in [0.3, 0.4) is 0 Å². The zero-order valence-corrected chi connectivity index (χ0v) is 32.7. The van der Waals surface area contributed by atoms with Gasteiger partial charge in [0.1, 0.15) is 0 Å². The van der Waals surface area contributed by atoms with Gasteiger partial charge in [0.2, 0.25) is 5.95 Å². The van der Waals surface area contributed by atoms with Gasteiger partial charge in [-0.2, -0.15) is 0 Å². The van der Waals surface area contributed by atoms with Crippen LogP contribution in [-0.4, -0.2) is 19.1 Å². The quantitative estimate of drug-likeness (QED) is 0.179. The molecule has 4 nitrogen and oxygen atoms in total. The molecule has 0 radical (unpaired) electrons. The average Bonchev–Trinajstić information content (AvgIpc) is 3.80. The van der Waals surface area contributed by atoms with Crippen LogP contribution in [0, 0.1) is 0 Å². The van der Waals surface area contributed by atoms with Gasteiger partial charge in [0.25, 0.3) is 0 Å². The molecular formula is C54H34N4S. The van der Waals surface area contributed by atoms with E-state index in [-0.39, 0.29) is 0 Å². The Morgan fingerprint density at radius 1 is 0.492 bits per heavy atom. The Balaban J connectivity index is 0.997. The van der Waals surface area contributed by atoms with Crippen molar-refractivity contribution in [3.8, 4) is 45.1 Å². The summed E-state index contributed by atoms with van der Waals surface area (Å²) in [6.45, 7) is 0. The summed E-state index contributed by atoms with van der Waals surface area (Å²) in [5, 5.41) is 7.23. The van der Waals surface area contributed by atoms with Gasteiger partial charge in [0.15, 0.2) is 0 Å². The zero-order chi connectivity index (χ0) is 38.6. The van der Waals surface area contributed by atoms with E-state index in [1.54, 1.807) is 11.8 Å². The summed E-state index contributed by atoms with van der Waals surface area (Å²) >= 11 is 1.80. The summed E-state index contributed by atoms with van der Waals surface area (Å²) < 4.78 is 4.72. The molecule has 0 N–H and O–H groups in total. The molecular weight excluding hydrogens is 737 g/mol. The van der Waals surface area contributed by atoms with E-state index in [9.17, 15) is 0 Å². The van der Waals surface area contributed by atoms with Gasteiger partial charge < -0.3 is 4.57 Å². The maximum Gasteiger partial charge on any atom is 0.235 e. The Kier molecular flexibility index (Phi) is 7.04. The highest BCUT2D eigenvalue weighted by atomic mass is 32.2. The van der Waals surface area contributed by atoms with Crippen molar-refractivity contribution in [2.24, 2.45) is 0 Å². The fourth-order valence-corrected chi connectivity index (χ4v) is 10.7. The molecule has 1 aliphatic heterocycles. The Bertz CT molecular complexity index is 3570. The SMILES string of the molecule is C1=Cc2c(c3cc(-c4ccc5c(c4)c4cc6ccccc6cc4n5-c4nc5c6c(cccc6n4)Sc4ccccc4-5)ccc3n2-c2ccc(-c3ccccc3)cc2)CC1. The summed E-state index contributed by atoms with van der Waals surface area (Å²) in [4.78, 5) is 13.2. The monoisotopic (exact) mass is 770 g/mol. The van der Waals surface area contributed by atoms with Crippen LogP contribution in [0.5, 0.6) is 0 Å². The van der Waals surface area contributed by atoms with Gasteiger partial charge in [-0.1, -0.05) is 121 Å². The minimum absolute atomic E-state index is 0.689. The molecule has 0 unspecified atom stereocenters. The first kappa shape index (κ1) is 32.8. The highest BCUT2D eigenvalue weighted by Gasteiger charge is 2.25. The molecule has 0 atom stereocenters. The first-order valence-electron chi connectivity index (χ1n) is 20.3. The molecule has 13 rings (SSSR count). The lowest BCUT2D eigenvalue weighted by Gasteiger charge is -2.20. The Morgan fingerprint density at radius 3 is 2.02 bits per heavy atom. The number of hydrogen-bond donors (Lipinski definition) is 0. The third-order valence-electron chi connectivity index (χ3n) is 12.4.